The second kappa shape index (κ2) is 11.7. The van der Waals surface area contributed by atoms with Crippen LogP contribution in [0.25, 0.3) is 0 Å². The summed E-state index contributed by atoms with van der Waals surface area (Å²) in [7, 11) is -2.85. The summed E-state index contributed by atoms with van der Waals surface area (Å²) in [4.78, 5) is 0. The number of hydrogen-bond acceptors (Lipinski definition) is 3. The molecule has 0 bridgehead atoms. The first-order chi connectivity index (χ1) is 10.2. The van der Waals surface area contributed by atoms with Crippen LogP contribution in [-0.4, -0.2) is 19.4 Å². The molecule has 1 saturated carbocycles. The molecular formula is C17H35O3P. The van der Waals surface area contributed by atoms with Crippen molar-refractivity contribution in [2.75, 3.05) is 19.4 Å². The third-order valence-electron chi connectivity index (χ3n) is 4.30. The van der Waals surface area contributed by atoms with Gasteiger partial charge >= 0.3 is 7.60 Å². The van der Waals surface area contributed by atoms with Gasteiger partial charge in [-0.25, -0.2) is 0 Å². The van der Waals surface area contributed by atoms with E-state index < -0.39 is 7.60 Å². The molecule has 1 unspecified atom stereocenters. The molecular weight excluding hydrogens is 283 g/mol. The van der Waals surface area contributed by atoms with Crippen LogP contribution in [0, 0.1) is 5.92 Å². The topological polar surface area (TPSA) is 35.5 Å². The van der Waals surface area contributed by atoms with Crippen molar-refractivity contribution in [1.82, 2.24) is 0 Å². The highest BCUT2D eigenvalue weighted by molar-refractivity contribution is 7.53. The maximum absolute atomic E-state index is 12.8. The molecule has 1 atom stereocenters. The summed E-state index contributed by atoms with van der Waals surface area (Å²) in [5.74, 6) is 0.595. The van der Waals surface area contributed by atoms with E-state index in [1.165, 1.54) is 44.9 Å². The fraction of sp³-hybridized carbons (Fsp3) is 1.00. The fourth-order valence-electron chi connectivity index (χ4n) is 2.82. The summed E-state index contributed by atoms with van der Waals surface area (Å²) < 4.78 is 24.3. The lowest BCUT2D eigenvalue weighted by atomic mass is 9.90. The Morgan fingerprint density at radius 1 is 0.905 bits per heavy atom. The fourth-order valence-corrected chi connectivity index (χ4v) is 4.70. The summed E-state index contributed by atoms with van der Waals surface area (Å²) in [6.45, 7) is 5.54. The molecule has 1 aliphatic carbocycles. The van der Waals surface area contributed by atoms with Crippen LogP contribution in [0.15, 0.2) is 0 Å². The zero-order chi connectivity index (χ0) is 15.4. The third-order valence-corrected chi connectivity index (χ3v) is 6.29. The van der Waals surface area contributed by atoms with Crippen LogP contribution >= 0.6 is 7.60 Å². The molecule has 0 aromatic rings. The Morgan fingerprint density at radius 2 is 1.62 bits per heavy atom. The smallest absolute Gasteiger partial charge is 0.309 e. The van der Waals surface area contributed by atoms with Crippen LogP contribution in [0.2, 0.25) is 0 Å². The molecule has 0 aliphatic heterocycles. The van der Waals surface area contributed by atoms with Crippen LogP contribution in [0.5, 0.6) is 0 Å². The molecule has 4 heteroatoms. The molecule has 0 aromatic carbocycles. The molecule has 0 spiro atoms. The van der Waals surface area contributed by atoms with Crippen LogP contribution in [-0.2, 0) is 13.6 Å². The van der Waals surface area contributed by atoms with E-state index in [-0.39, 0.29) is 0 Å². The standard InChI is InChI=1S/C17H35O3P/c1-3-5-7-11-14-19-21(18,15-6-4-2)20-16-17-12-9-8-10-13-17/h17H,3-16H2,1-2H3. The van der Waals surface area contributed by atoms with E-state index in [9.17, 15) is 4.57 Å². The van der Waals surface area contributed by atoms with E-state index in [2.05, 4.69) is 13.8 Å². The van der Waals surface area contributed by atoms with Gasteiger partial charge in [-0.05, 0) is 31.6 Å². The van der Waals surface area contributed by atoms with Gasteiger partial charge in [0.2, 0.25) is 0 Å². The molecule has 21 heavy (non-hydrogen) atoms. The highest BCUT2D eigenvalue weighted by atomic mass is 31.2. The van der Waals surface area contributed by atoms with E-state index >= 15 is 0 Å². The average molecular weight is 318 g/mol. The normalized spacial score (nSPS) is 19.5. The number of unbranched alkanes of at least 4 members (excludes halogenated alkanes) is 4. The lowest BCUT2D eigenvalue weighted by molar-refractivity contribution is 0.159. The van der Waals surface area contributed by atoms with E-state index in [0.29, 0.717) is 25.3 Å². The Balaban J connectivity index is 2.31. The van der Waals surface area contributed by atoms with E-state index in [4.69, 9.17) is 9.05 Å². The van der Waals surface area contributed by atoms with Gasteiger partial charge in [-0.2, -0.15) is 0 Å². The molecule has 0 heterocycles. The lowest BCUT2D eigenvalue weighted by Crippen LogP contribution is -2.14. The predicted octanol–water partition coefficient (Wildman–Crippen LogP) is 6.17. The minimum atomic E-state index is -2.85. The van der Waals surface area contributed by atoms with Crippen molar-refractivity contribution in [3.8, 4) is 0 Å². The third kappa shape index (κ3) is 9.01. The highest BCUT2D eigenvalue weighted by Crippen LogP contribution is 2.50. The molecule has 0 N–H and O–H groups in total. The van der Waals surface area contributed by atoms with Gasteiger partial charge in [-0.15, -0.1) is 0 Å². The second-order valence-corrected chi connectivity index (χ2v) is 8.57. The SMILES string of the molecule is CCCCCCOP(=O)(CCCC)OCC1CCCCC1. The summed E-state index contributed by atoms with van der Waals surface area (Å²) in [6, 6.07) is 0. The Hall–Kier alpha value is 0.150. The van der Waals surface area contributed by atoms with Crippen molar-refractivity contribution in [3.63, 3.8) is 0 Å². The van der Waals surface area contributed by atoms with Crippen LogP contribution < -0.4 is 0 Å². The quantitative estimate of drug-likeness (QED) is 0.319. The summed E-state index contributed by atoms with van der Waals surface area (Å²) in [5, 5.41) is 0. The highest BCUT2D eigenvalue weighted by Gasteiger charge is 2.26. The Kier molecular flexibility index (Phi) is 10.7. The molecule has 0 aromatic heterocycles. The molecule has 0 amide bonds. The van der Waals surface area contributed by atoms with Crippen LogP contribution in [0.4, 0.5) is 0 Å². The zero-order valence-electron chi connectivity index (χ0n) is 14.1. The van der Waals surface area contributed by atoms with Crippen LogP contribution in [0.1, 0.15) is 84.5 Å². The minimum Gasteiger partial charge on any atom is -0.309 e. The Bertz CT molecular complexity index is 288. The molecule has 3 nitrogen and oxygen atoms in total. The van der Waals surface area contributed by atoms with Crippen molar-refractivity contribution in [2.24, 2.45) is 5.92 Å². The number of hydrogen-bond donors (Lipinski definition) is 0. The van der Waals surface area contributed by atoms with Gasteiger partial charge < -0.3 is 9.05 Å². The molecule has 1 fully saturated rings. The van der Waals surface area contributed by atoms with Gasteiger partial charge in [0.15, 0.2) is 0 Å². The first-order valence-corrected chi connectivity index (χ1v) is 10.8. The summed E-state index contributed by atoms with van der Waals surface area (Å²) in [5.41, 5.74) is 0. The predicted molar refractivity (Wildman–Crippen MR) is 90.0 cm³/mol. The van der Waals surface area contributed by atoms with Crippen molar-refractivity contribution in [1.29, 1.82) is 0 Å². The number of rotatable bonds is 12. The van der Waals surface area contributed by atoms with Gasteiger partial charge in [0.25, 0.3) is 0 Å². The average Bonchev–Trinajstić information content (AvgIpc) is 2.52. The van der Waals surface area contributed by atoms with Crippen molar-refractivity contribution in [3.05, 3.63) is 0 Å². The molecule has 0 saturated heterocycles. The maximum Gasteiger partial charge on any atom is 0.330 e. The van der Waals surface area contributed by atoms with Gasteiger partial charge in [0, 0.05) is 0 Å². The van der Waals surface area contributed by atoms with E-state index in [0.717, 1.165) is 25.7 Å². The van der Waals surface area contributed by atoms with E-state index in [1.807, 2.05) is 0 Å². The Morgan fingerprint density at radius 3 is 2.29 bits per heavy atom. The maximum atomic E-state index is 12.8. The van der Waals surface area contributed by atoms with Gasteiger partial charge in [0.05, 0.1) is 19.4 Å². The van der Waals surface area contributed by atoms with E-state index in [1.54, 1.807) is 0 Å². The zero-order valence-corrected chi connectivity index (χ0v) is 15.0. The van der Waals surface area contributed by atoms with Crippen molar-refractivity contribution in [2.45, 2.75) is 84.5 Å². The summed E-state index contributed by atoms with van der Waals surface area (Å²) >= 11 is 0. The molecule has 1 aliphatic rings. The second-order valence-electron chi connectivity index (χ2n) is 6.38. The van der Waals surface area contributed by atoms with Gasteiger partial charge in [-0.1, -0.05) is 58.8 Å². The first-order valence-electron chi connectivity index (χ1n) is 9.08. The Labute approximate surface area is 131 Å². The summed E-state index contributed by atoms with van der Waals surface area (Å²) in [6.07, 6.45) is 13.5. The van der Waals surface area contributed by atoms with Crippen molar-refractivity contribution >= 4 is 7.60 Å². The lowest BCUT2D eigenvalue weighted by Gasteiger charge is -2.25. The monoisotopic (exact) mass is 318 g/mol. The van der Waals surface area contributed by atoms with Gasteiger partial charge in [0.1, 0.15) is 0 Å². The largest absolute Gasteiger partial charge is 0.330 e. The van der Waals surface area contributed by atoms with Gasteiger partial charge in [-0.3, -0.25) is 4.57 Å². The van der Waals surface area contributed by atoms with Crippen molar-refractivity contribution < 1.29 is 13.6 Å². The van der Waals surface area contributed by atoms with Crippen LogP contribution in [0.3, 0.4) is 0 Å². The first kappa shape index (κ1) is 19.2. The molecule has 1 rings (SSSR count). The molecule has 126 valence electrons. The minimum absolute atomic E-state index is 0.587. The molecule has 0 radical (unpaired) electrons.